The van der Waals surface area contributed by atoms with Crippen molar-refractivity contribution in [2.24, 2.45) is 0 Å². The Bertz CT molecular complexity index is 1680. The zero-order chi connectivity index (χ0) is 27.9. The van der Waals surface area contributed by atoms with Crippen molar-refractivity contribution in [1.29, 1.82) is 0 Å². The van der Waals surface area contributed by atoms with Gasteiger partial charge in [-0.3, -0.25) is 19.4 Å². The Hall–Kier alpha value is -4.83. The fourth-order valence-electron chi connectivity index (χ4n) is 4.26. The maximum absolute atomic E-state index is 13.1. The molecule has 5 rings (SSSR count). The molecule has 2 amide bonds. The van der Waals surface area contributed by atoms with E-state index in [-0.39, 0.29) is 17.2 Å². The van der Waals surface area contributed by atoms with Crippen LogP contribution in [0.3, 0.4) is 0 Å². The monoisotopic (exact) mass is 553 g/mol. The summed E-state index contributed by atoms with van der Waals surface area (Å²) in [6.07, 6.45) is 0.0796. The molecular weight excluding hydrogens is 526 g/mol. The molecule has 2 aromatic heterocycles. The van der Waals surface area contributed by atoms with Crippen molar-refractivity contribution in [3.63, 3.8) is 0 Å². The first-order chi connectivity index (χ1) is 19.4. The van der Waals surface area contributed by atoms with Gasteiger partial charge in [0, 0.05) is 35.2 Å². The number of fused-ring (bicyclic) bond motifs is 1. The van der Waals surface area contributed by atoms with E-state index in [0.717, 1.165) is 39.1 Å². The summed E-state index contributed by atoms with van der Waals surface area (Å²) in [6.45, 7) is 2.61. The smallest absolute Gasteiger partial charge is 0.322 e. The molecule has 0 bridgehead atoms. The van der Waals surface area contributed by atoms with Gasteiger partial charge in [0.05, 0.1) is 5.52 Å². The number of aromatic nitrogens is 3. The first-order valence-corrected chi connectivity index (χ1v) is 13.5. The highest BCUT2D eigenvalue weighted by atomic mass is 32.1. The number of amides is 2. The van der Waals surface area contributed by atoms with Gasteiger partial charge in [0.25, 0.3) is 5.91 Å². The van der Waals surface area contributed by atoms with E-state index in [1.54, 1.807) is 24.3 Å². The van der Waals surface area contributed by atoms with Gasteiger partial charge < -0.3 is 15.4 Å². The number of nitrogens with one attached hydrogen (secondary N) is 3. The average molecular weight is 554 g/mol. The molecule has 1 unspecified atom stereocenters. The van der Waals surface area contributed by atoms with Crippen molar-refractivity contribution in [1.82, 2.24) is 25.8 Å². The lowest BCUT2D eigenvalue weighted by Gasteiger charge is -2.18. The maximum atomic E-state index is 13.1. The molecule has 3 N–H and O–H groups in total. The Kier molecular flexibility index (Phi) is 8.26. The third-order valence-corrected chi connectivity index (χ3v) is 7.00. The van der Waals surface area contributed by atoms with E-state index in [2.05, 4.69) is 25.8 Å². The van der Waals surface area contributed by atoms with E-state index in [4.69, 9.17) is 4.74 Å². The highest BCUT2D eigenvalue weighted by Gasteiger charge is 2.23. The lowest BCUT2D eigenvalue weighted by molar-refractivity contribution is -0.123. The minimum atomic E-state index is -0.922. The van der Waals surface area contributed by atoms with Crippen LogP contribution in [0.2, 0.25) is 0 Å². The lowest BCUT2D eigenvalue weighted by atomic mass is 10.1. The van der Waals surface area contributed by atoms with Crippen LogP contribution in [-0.4, -0.2) is 33.0 Å². The number of carbonyl (C=O) groups is 2. The molecule has 0 radical (unpaired) electrons. The van der Waals surface area contributed by atoms with Crippen LogP contribution >= 0.6 is 11.3 Å². The quantitative estimate of drug-likeness (QED) is 0.241. The molecule has 5 aromatic rings. The van der Waals surface area contributed by atoms with E-state index in [1.807, 2.05) is 67.6 Å². The molecule has 0 saturated carbocycles. The van der Waals surface area contributed by atoms with Gasteiger partial charge >= 0.3 is 4.87 Å². The molecule has 1 atom stereocenters. The van der Waals surface area contributed by atoms with Crippen molar-refractivity contribution in [2.45, 2.75) is 32.5 Å². The Labute approximate surface area is 234 Å². The van der Waals surface area contributed by atoms with Crippen LogP contribution in [0.25, 0.3) is 10.9 Å². The highest BCUT2D eigenvalue weighted by molar-refractivity contribution is 7.08. The molecule has 0 aliphatic rings. The van der Waals surface area contributed by atoms with Crippen molar-refractivity contribution in [3.8, 4) is 5.75 Å². The fourth-order valence-corrected chi connectivity index (χ4v) is 4.91. The minimum absolute atomic E-state index is 0.0796. The molecule has 3 aromatic carbocycles. The van der Waals surface area contributed by atoms with Gasteiger partial charge in [-0.05, 0) is 48.9 Å². The number of hydrogen-bond acceptors (Lipinski definition) is 7. The van der Waals surface area contributed by atoms with Crippen molar-refractivity contribution in [3.05, 3.63) is 122 Å². The minimum Gasteiger partial charge on any atom is -0.489 e. The van der Waals surface area contributed by atoms with E-state index < -0.39 is 11.9 Å². The second-order valence-electron chi connectivity index (χ2n) is 9.19. The molecule has 0 saturated heterocycles. The molecule has 10 heteroatoms. The van der Waals surface area contributed by atoms with Crippen LogP contribution in [0.15, 0.2) is 89.7 Å². The number of H-pyrrole nitrogens is 1. The average Bonchev–Trinajstić information content (AvgIpc) is 3.39. The maximum Gasteiger partial charge on any atom is 0.322 e. The summed E-state index contributed by atoms with van der Waals surface area (Å²) in [5, 5.41) is 13.4. The number of para-hydroxylation sites is 1. The molecule has 0 fully saturated rings. The molecule has 40 heavy (non-hydrogen) atoms. The van der Waals surface area contributed by atoms with Crippen LogP contribution in [0.1, 0.15) is 32.2 Å². The number of benzene rings is 3. The molecule has 0 aliphatic carbocycles. The van der Waals surface area contributed by atoms with Gasteiger partial charge in [-0.15, -0.1) is 0 Å². The van der Waals surface area contributed by atoms with Gasteiger partial charge in [0.1, 0.15) is 23.4 Å². The summed E-state index contributed by atoms with van der Waals surface area (Å²) < 4.78 is 6.00. The summed E-state index contributed by atoms with van der Waals surface area (Å²) in [6, 6.07) is 25.2. The molecule has 0 spiro atoms. The standard InChI is InChI=1S/C30H27N5O4S/c1-19-15-22(24-9-5-6-10-25(24)32-19)18-39-23-13-11-21(12-14-23)28(36)33-26(16-27-34-35-30(38)40-27)29(37)31-17-20-7-3-2-4-8-20/h2-15,26H,16-18H2,1H3,(H,31,37)(H,33,36)(H,35,38). The SMILES string of the molecule is Cc1cc(COc2ccc(C(=O)NC(Cc3n[nH]c(=O)s3)C(=O)NCc3ccccc3)cc2)c2ccccc2n1. The van der Waals surface area contributed by atoms with Gasteiger partial charge in [-0.1, -0.05) is 59.9 Å². The number of ether oxygens (including phenoxy) is 1. The zero-order valence-electron chi connectivity index (χ0n) is 21.7. The Morgan fingerprint density at radius 2 is 1.75 bits per heavy atom. The van der Waals surface area contributed by atoms with E-state index >= 15 is 0 Å². The van der Waals surface area contributed by atoms with E-state index in [9.17, 15) is 14.4 Å². The van der Waals surface area contributed by atoms with E-state index in [0.29, 0.717) is 29.5 Å². The Balaban J connectivity index is 1.24. The third kappa shape index (κ3) is 6.78. The summed E-state index contributed by atoms with van der Waals surface area (Å²) in [5.74, 6) is -0.196. The van der Waals surface area contributed by atoms with Gasteiger partial charge in [-0.2, -0.15) is 5.10 Å². The number of nitrogens with zero attached hydrogens (tertiary/aromatic N) is 2. The molecule has 0 aliphatic heterocycles. The molecular formula is C30H27N5O4S. The second kappa shape index (κ2) is 12.4. The predicted octanol–water partition coefficient (Wildman–Crippen LogP) is 3.92. The second-order valence-corrected chi connectivity index (χ2v) is 10.2. The van der Waals surface area contributed by atoms with Crippen LogP contribution in [0.5, 0.6) is 5.75 Å². The van der Waals surface area contributed by atoms with Crippen LogP contribution < -0.4 is 20.2 Å². The lowest BCUT2D eigenvalue weighted by Crippen LogP contribution is -2.47. The normalized spacial score (nSPS) is 11.6. The van der Waals surface area contributed by atoms with Crippen molar-refractivity contribution in [2.75, 3.05) is 0 Å². The van der Waals surface area contributed by atoms with Crippen LogP contribution in [0, 0.1) is 6.92 Å². The number of rotatable bonds is 10. The van der Waals surface area contributed by atoms with Crippen molar-refractivity contribution < 1.29 is 14.3 Å². The van der Waals surface area contributed by atoms with Gasteiger partial charge in [0.15, 0.2) is 0 Å². The first kappa shape index (κ1) is 26.8. The number of pyridine rings is 1. The molecule has 2 heterocycles. The zero-order valence-corrected chi connectivity index (χ0v) is 22.5. The summed E-state index contributed by atoms with van der Waals surface area (Å²) >= 11 is 0.904. The van der Waals surface area contributed by atoms with Gasteiger partial charge in [0.2, 0.25) is 5.91 Å². The fraction of sp³-hybridized carbons (Fsp3) is 0.167. The number of aromatic amines is 1. The largest absolute Gasteiger partial charge is 0.489 e. The first-order valence-electron chi connectivity index (χ1n) is 12.7. The Morgan fingerprint density at radius 1 is 1.00 bits per heavy atom. The Morgan fingerprint density at radius 3 is 2.50 bits per heavy atom. The number of aryl methyl sites for hydroxylation is 1. The summed E-state index contributed by atoms with van der Waals surface area (Å²) in [4.78, 5) is 41.9. The summed E-state index contributed by atoms with van der Waals surface area (Å²) in [7, 11) is 0. The van der Waals surface area contributed by atoms with Crippen molar-refractivity contribution >= 4 is 34.1 Å². The van der Waals surface area contributed by atoms with Crippen LogP contribution in [0.4, 0.5) is 0 Å². The molecule has 9 nitrogen and oxygen atoms in total. The number of carbonyl (C=O) groups excluding carboxylic acids is 2. The number of hydrogen-bond donors (Lipinski definition) is 3. The topological polar surface area (TPSA) is 126 Å². The third-order valence-electron chi connectivity index (χ3n) is 6.23. The van der Waals surface area contributed by atoms with Crippen LogP contribution in [-0.2, 0) is 24.4 Å². The molecule has 202 valence electrons. The predicted molar refractivity (Wildman–Crippen MR) is 153 cm³/mol. The van der Waals surface area contributed by atoms with Gasteiger partial charge in [-0.25, -0.2) is 5.10 Å². The van der Waals surface area contributed by atoms with E-state index in [1.165, 1.54) is 0 Å². The highest BCUT2D eigenvalue weighted by Crippen LogP contribution is 2.21. The summed E-state index contributed by atoms with van der Waals surface area (Å²) in [5.41, 5.74) is 4.14.